The molecule has 5 heteroatoms. The average molecular weight is 267 g/mol. The maximum absolute atomic E-state index is 11.7. The third-order valence-corrected chi connectivity index (χ3v) is 2.98. The van der Waals surface area contributed by atoms with Crippen molar-refractivity contribution in [2.24, 2.45) is 0 Å². The predicted octanol–water partition coefficient (Wildman–Crippen LogP) is 2.30. The van der Waals surface area contributed by atoms with Crippen LogP contribution in [0.5, 0.6) is 0 Å². The zero-order valence-electron chi connectivity index (χ0n) is 12.0. The number of nitrogens with one attached hydrogen (secondary N) is 1. The number of aromatic amines is 1. The minimum absolute atomic E-state index is 0.212. The smallest absolute Gasteiger partial charge is 0.355 e. The highest BCUT2D eigenvalue weighted by molar-refractivity contribution is 5.89. The Morgan fingerprint density at radius 1 is 1.16 bits per heavy atom. The first-order chi connectivity index (χ1) is 9.01. The number of rotatable bonds is 6. The fraction of sp³-hybridized carbons (Fsp3) is 0.571. The van der Waals surface area contributed by atoms with Crippen molar-refractivity contribution in [3.05, 3.63) is 22.5 Å². The lowest BCUT2D eigenvalue weighted by molar-refractivity contribution is -0.143. The second-order valence-electron chi connectivity index (χ2n) is 4.27. The van der Waals surface area contributed by atoms with Gasteiger partial charge >= 0.3 is 11.9 Å². The summed E-state index contributed by atoms with van der Waals surface area (Å²) < 4.78 is 10.0. The summed E-state index contributed by atoms with van der Waals surface area (Å²) in [5.41, 5.74) is 3.26. The van der Waals surface area contributed by atoms with Gasteiger partial charge in [-0.3, -0.25) is 4.79 Å². The molecule has 1 rings (SSSR count). The molecular weight excluding hydrogens is 246 g/mol. The Hall–Kier alpha value is -1.78. The molecule has 0 aliphatic rings. The number of H-pyrrole nitrogens is 1. The summed E-state index contributed by atoms with van der Waals surface area (Å²) in [6.07, 6.45) is 0.971. The summed E-state index contributed by atoms with van der Waals surface area (Å²) in [7, 11) is 0. The van der Waals surface area contributed by atoms with E-state index in [9.17, 15) is 9.59 Å². The molecule has 0 amide bonds. The van der Waals surface area contributed by atoms with E-state index in [-0.39, 0.29) is 11.9 Å². The van der Waals surface area contributed by atoms with Crippen LogP contribution < -0.4 is 0 Å². The number of ether oxygens (including phenoxy) is 2. The Morgan fingerprint density at radius 2 is 1.84 bits per heavy atom. The summed E-state index contributed by atoms with van der Waals surface area (Å²) in [6.45, 7) is 7.97. The summed E-state index contributed by atoms with van der Waals surface area (Å²) in [5, 5.41) is 0. The summed E-state index contributed by atoms with van der Waals surface area (Å²) in [5.74, 6) is -0.559. The van der Waals surface area contributed by atoms with Crippen LogP contribution in [-0.4, -0.2) is 30.1 Å². The Morgan fingerprint density at radius 3 is 2.42 bits per heavy atom. The second-order valence-corrected chi connectivity index (χ2v) is 4.27. The first-order valence-corrected chi connectivity index (χ1v) is 6.52. The van der Waals surface area contributed by atoms with E-state index >= 15 is 0 Å². The lowest BCUT2D eigenvalue weighted by atomic mass is 10.1. The van der Waals surface area contributed by atoms with Gasteiger partial charge < -0.3 is 14.5 Å². The maximum atomic E-state index is 11.7. The number of hydrogen-bond acceptors (Lipinski definition) is 4. The van der Waals surface area contributed by atoms with Gasteiger partial charge in [0.15, 0.2) is 0 Å². The fourth-order valence-corrected chi connectivity index (χ4v) is 1.94. The second kappa shape index (κ2) is 6.97. The molecule has 0 radical (unpaired) electrons. The van der Waals surface area contributed by atoms with Crippen LogP contribution in [0.3, 0.4) is 0 Å². The van der Waals surface area contributed by atoms with E-state index in [1.54, 1.807) is 13.8 Å². The van der Waals surface area contributed by atoms with Gasteiger partial charge in [0.2, 0.25) is 0 Å². The molecule has 5 nitrogen and oxygen atoms in total. The van der Waals surface area contributed by atoms with Gasteiger partial charge in [-0.25, -0.2) is 4.79 Å². The Kier molecular flexibility index (Phi) is 5.60. The van der Waals surface area contributed by atoms with Crippen LogP contribution in [0, 0.1) is 13.8 Å². The van der Waals surface area contributed by atoms with E-state index in [4.69, 9.17) is 9.47 Å². The lowest BCUT2D eigenvalue weighted by Crippen LogP contribution is -2.08. The van der Waals surface area contributed by atoms with Crippen molar-refractivity contribution in [1.29, 1.82) is 0 Å². The number of aromatic nitrogens is 1. The van der Waals surface area contributed by atoms with Crippen LogP contribution in [0.2, 0.25) is 0 Å². The van der Waals surface area contributed by atoms with E-state index in [0.717, 1.165) is 16.8 Å². The van der Waals surface area contributed by atoms with Gasteiger partial charge in [0.25, 0.3) is 0 Å². The molecule has 1 heterocycles. The van der Waals surface area contributed by atoms with Gasteiger partial charge in [-0.15, -0.1) is 0 Å². The third-order valence-electron chi connectivity index (χ3n) is 2.98. The van der Waals surface area contributed by atoms with Crippen LogP contribution in [0.25, 0.3) is 0 Å². The van der Waals surface area contributed by atoms with Gasteiger partial charge in [0.1, 0.15) is 5.69 Å². The van der Waals surface area contributed by atoms with Crippen molar-refractivity contribution in [1.82, 2.24) is 4.98 Å². The predicted molar refractivity (Wildman–Crippen MR) is 71.2 cm³/mol. The molecule has 1 N–H and O–H groups in total. The molecule has 1 aromatic heterocycles. The SMILES string of the molecule is CCOC(=O)c1[nH]c(C)c(CCOC(=O)CC)c1C. The van der Waals surface area contributed by atoms with Crippen LogP contribution in [0.1, 0.15) is 47.6 Å². The van der Waals surface area contributed by atoms with Crippen LogP contribution in [0.4, 0.5) is 0 Å². The van der Waals surface area contributed by atoms with Crippen molar-refractivity contribution >= 4 is 11.9 Å². The van der Waals surface area contributed by atoms with Gasteiger partial charge in [0, 0.05) is 18.5 Å². The summed E-state index contributed by atoms with van der Waals surface area (Å²) in [6, 6.07) is 0. The maximum Gasteiger partial charge on any atom is 0.355 e. The quantitative estimate of drug-likeness (QED) is 0.803. The third kappa shape index (κ3) is 3.84. The molecule has 0 aliphatic carbocycles. The van der Waals surface area contributed by atoms with E-state index in [1.807, 2.05) is 13.8 Å². The van der Waals surface area contributed by atoms with E-state index in [2.05, 4.69) is 4.98 Å². The van der Waals surface area contributed by atoms with E-state index in [1.165, 1.54) is 0 Å². The van der Waals surface area contributed by atoms with E-state index < -0.39 is 0 Å². The first-order valence-electron chi connectivity index (χ1n) is 6.52. The lowest BCUT2D eigenvalue weighted by Gasteiger charge is -2.04. The minimum Gasteiger partial charge on any atom is -0.465 e. The van der Waals surface area contributed by atoms with Crippen molar-refractivity contribution in [3.63, 3.8) is 0 Å². The molecule has 0 aromatic carbocycles. The number of aryl methyl sites for hydroxylation is 1. The molecule has 0 saturated carbocycles. The Bertz CT molecular complexity index is 462. The molecule has 19 heavy (non-hydrogen) atoms. The average Bonchev–Trinajstić information content (AvgIpc) is 2.66. The largest absolute Gasteiger partial charge is 0.465 e. The topological polar surface area (TPSA) is 68.4 Å². The summed E-state index contributed by atoms with van der Waals surface area (Å²) in [4.78, 5) is 25.8. The van der Waals surface area contributed by atoms with Gasteiger partial charge in [-0.2, -0.15) is 0 Å². The van der Waals surface area contributed by atoms with Crippen molar-refractivity contribution in [2.75, 3.05) is 13.2 Å². The van der Waals surface area contributed by atoms with E-state index in [0.29, 0.717) is 31.7 Å². The molecule has 0 atom stereocenters. The number of esters is 2. The Balaban J connectivity index is 2.74. The standard InChI is InChI=1S/C14H21NO4/c1-5-12(16)19-8-7-11-9(3)13(15-10(11)4)14(17)18-6-2/h15H,5-8H2,1-4H3. The minimum atomic E-state index is -0.347. The van der Waals surface area contributed by atoms with Crippen molar-refractivity contribution < 1.29 is 19.1 Å². The van der Waals surface area contributed by atoms with Crippen LogP contribution in [0.15, 0.2) is 0 Å². The molecule has 1 aromatic rings. The highest BCUT2D eigenvalue weighted by Gasteiger charge is 2.18. The van der Waals surface area contributed by atoms with Crippen molar-refractivity contribution in [3.8, 4) is 0 Å². The molecular formula is C14H21NO4. The normalized spacial score (nSPS) is 10.3. The van der Waals surface area contributed by atoms with Crippen LogP contribution >= 0.6 is 0 Å². The molecule has 0 fully saturated rings. The highest BCUT2D eigenvalue weighted by atomic mass is 16.5. The van der Waals surface area contributed by atoms with Gasteiger partial charge in [-0.05, 0) is 31.9 Å². The molecule has 0 spiro atoms. The number of carbonyl (C=O) groups excluding carboxylic acids is 2. The molecule has 106 valence electrons. The molecule has 0 saturated heterocycles. The number of hydrogen-bond donors (Lipinski definition) is 1. The zero-order chi connectivity index (χ0) is 14.4. The Labute approximate surface area is 113 Å². The molecule has 0 aliphatic heterocycles. The monoisotopic (exact) mass is 267 g/mol. The number of carbonyl (C=O) groups is 2. The van der Waals surface area contributed by atoms with Crippen molar-refractivity contribution in [2.45, 2.75) is 40.5 Å². The first kappa shape index (κ1) is 15.3. The molecule has 0 bridgehead atoms. The van der Waals surface area contributed by atoms with Crippen LogP contribution in [-0.2, 0) is 20.7 Å². The summed E-state index contributed by atoms with van der Waals surface area (Å²) >= 11 is 0. The van der Waals surface area contributed by atoms with Gasteiger partial charge in [0.05, 0.1) is 13.2 Å². The fourth-order valence-electron chi connectivity index (χ4n) is 1.94. The highest BCUT2D eigenvalue weighted by Crippen LogP contribution is 2.19. The molecule has 0 unspecified atom stereocenters. The van der Waals surface area contributed by atoms with Gasteiger partial charge in [-0.1, -0.05) is 6.92 Å². The zero-order valence-corrected chi connectivity index (χ0v) is 12.0.